The van der Waals surface area contributed by atoms with Crippen LogP contribution in [0.1, 0.15) is 12.5 Å². The van der Waals surface area contributed by atoms with Crippen LogP contribution in [0.5, 0.6) is 0 Å². The van der Waals surface area contributed by atoms with E-state index in [0.717, 1.165) is 12.1 Å². The van der Waals surface area contributed by atoms with Gasteiger partial charge in [0.05, 0.1) is 17.9 Å². The fourth-order valence-electron chi connectivity index (χ4n) is 2.50. The molecule has 1 aliphatic rings. The summed E-state index contributed by atoms with van der Waals surface area (Å²) in [7, 11) is 0. The van der Waals surface area contributed by atoms with E-state index in [0.29, 0.717) is 11.3 Å². The number of nitrogens with zero attached hydrogens (tertiary/aromatic N) is 1. The van der Waals surface area contributed by atoms with Gasteiger partial charge in [0.15, 0.2) is 11.6 Å². The van der Waals surface area contributed by atoms with Crippen LogP contribution in [-0.4, -0.2) is 11.9 Å². The van der Waals surface area contributed by atoms with Gasteiger partial charge in [0.25, 0.3) is 0 Å². The van der Waals surface area contributed by atoms with Crippen LogP contribution in [0.4, 0.5) is 24.5 Å². The molecular formula is C16H13F3N2O. The summed E-state index contributed by atoms with van der Waals surface area (Å²) in [5.41, 5.74) is 1.15. The molecule has 22 heavy (non-hydrogen) atoms. The summed E-state index contributed by atoms with van der Waals surface area (Å²) < 4.78 is 40.2. The third kappa shape index (κ3) is 2.52. The molecule has 2 aromatic carbocycles. The van der Waals surface area contributed by atoms with Gasteiger partial charge < -0.3 is 10.2 Å². The number of hydrogen-bond acceptors (Lipinski definition) is 2. The fraction of sp³-hybridized carbons (Fsp3) is 0.188. The van der Waals surface area contributed by atoms with Gasteiger partial charge in [-0.25, -0.2) is 13.2 Å². The molecule has 1 unspecified atom stereocenters. The standard InChI is InChI=1S/C16H13F3N2O/c1-9-16(22)21(8-10-3-2-4-11(17)5-10)15-7-13(19)12(18)6-14(15)20-9/h2-7,9,20H,8H2,1H3. The number of fused-ring (bicyclic) bond motifs is 1. The van der Waals surface area contributed by atoms with Crippen LogP contribution in [-0.2, 0) is 11.3 Å². The van der Waals surface area contributed by atoms with E-state index < -0.39 is 23.5 Å². The van der Waals surface area contributed by atoms with Crippen molar-refractivity contribution in [1.82, 2.24) is 0 Å². The Hall–Kier alpha value is -2.50. The molecule has 1 N–H and O–H groups in total. The van der Waals surface area contributed by atoms with Crippen molar-refractivity contribution in [3.05, 3.63) is 59.4 Å². The zero-order chi connectivity index (χ0) is 15.9. The third-order valence-electron chi connectivity index (χ3n) is 3.57. The molecule has 2 aromatic rings. The summed E-state index contributed by atoms with van der Waals surface area (Å²) in [4.78, 5) is 13.7. The molecule has 1 amide bonds. The lowest BCUT2D eigenvalue weighted by atomic mass is 10.1. The molecule has 0 aromatic heterocycles. The molecule has 6 heteroatoms. The molecular weight excluding hydrogens is 293 g/mol. The molecule has 114 valence electrons. The van der Waals surface area contributed by atoms with Crippen molar-refractivity contribution in [3.63, 3.8) is 0 Å². The normalized spacial score (nSPS) is 17.2. The van der Waals surface area contributed by atoms with E-state index in [1.54, 1.807) is 13.0 Å². The van der Waals surface area contributed by atoms with Crippen LogP contribution in [0.25, 0.3) is 0 Å². The van der Waals surface area contributed by atoms with Crippen molar-refractivity contribution in [1.29, 1.82) is 0 Å². The van der Waals surface area contributed by atoms with Gasteiger partial charge in [-0.2, -0.15) is 0 Å². The highest BCUT2D eigenvalue weighted by molar-refractivity contribution is 6.04. The van der Waals surface area contributed by atoms with Crippen LogP contribution < -0.4 is 10.2 Å². The lowest BCUT2D eigenvalue weighted by Gasteiger charge is -2.34. The van der Waals surface area contributed by atoms with Gasteiger partial charge in [-0.3, -0.25) is 4.79 Å². The van der Waals surface area contributed by atoms with E-state index in [4.69, 9.17) is 0 Å². The summed E-state index contributed by atoms with van der Waals surface area (Å²) in [5, 5.41) is 2.83. The molecule has 0 saturated carbocycles. The van der Waals surface area contributed by atoms with E-state index in [-0.39, 0.29) is 18.1 Å². The van der Waals surface area contributed by atoms with Gasteiger partial charge in [0.1, 0.15) is 11.9 Å². The number of benzene rings is 2. The lowest BCUT2D eigenvalue weighted by molar-refractivity contribution is -0.119. The second-order valence-corrected chi connectivity index (χ2v) is 5.20. The molecule has 3 nitrogen and oxygen atoms in total. The van der Waals surface area contributed by atoms with Gasteiger partial charge >= 0.3 is 0 Å². The summed E-state index contributed by atoms with van der Waals surface area (Å²) in [6.07, 6.45) is 0. The Kier molecular flexibility index (Phi) is 3.52. The van der Waals surface area contributed by atoms with Gasteiger partial charge in [0.2, 0.25) is 5.91 Å². The molecule has 3 rings (SSSR count). The minimum Gasteiger partial charge on any atom is -0.372 e. The quantitative estimate of drug-likeness (QED) is 0.921. The van der Waals surface area contributed by atoms with Crippen molar-refractivity contribution in [2.75, 3.05) is 10.2 Å². The second kappa shape index (κ2) is 5.36. The molecule has 1 atom stereocenters. The third-order valence-corrected chi connectivity index (χ3v) is 3.57. The molecule has 0 saturated heterocycles. The van der Waals surface area contributed by atoms with Gasteiger partial charge in [-0.15, -0.1) is 0 Å². The SMILES string of the molecule is CC1Nc2cc(F)c(F)cc2N(Cc2cccc(F)c2)C1=O. The molecule has 0 aliphatic carbocycles. The van der Waals surface area contributed by atoms with Crippen LogP contribution in [0.15, 0.2) is 36.4 Å². The molecule has 0 bridgehead atoms. The Morgan fingerprint density at radius 3 is 2.59 bits per heavy atom. The predicted octanol–water partition coefficient (Wildman–Crippen LogP) is 3.45. The van der Waals surface area contributed by atoms with Crippen LogP contribution >= 0.6 is 0 Å². The lowest BCUT2D eigenvalue weighted by Crippen LogP contribution is -2.45. The van der Waals surface area contributed by atoms with Crippen molar-refractivity contribution in [3.8, 4) is 0 Å². The molecule has 1 aliphatic heterocycles. The summed E-state index contributed by atoms with van der Waals surface area (Å²) in [5.74, 6) is -2.73. The number of rotatable bonds is 2. The fourth-order valence-corrected chi connectivity index (χ4v) is 2.50. The first kappa shape index (κ1) is 14.4. The first-order valence-corrected chi connectivity index (χ1v) is 6.77. The Morgan fingerprint density at radius 2 is 1.86 bits per heavy atom. The maximum absolute atomic E-state index is 13.5. The van der Waals surface area contributed by atoms with E-state index in [1.807, 2.05) is 0 Å². The zero-order valence-corrected chi connectivity index (χ0v) is 11.7. The highest BCUT2D eigenvalue weighted by Crippen LogP contribution is 2.34. The average molecular weight is 306 g/mol. The van der Waals surface area contributed by atoms with Crippen molar-refractivity contribution in [2.45, 2.75) is 19.5 Å². The number of anilines is 2. The topological polar surface area (TPSA) is 32.3 Å². The Bertz CT molecular complexity index is 748. The number of carbonyl (C=O) groups excluding carboxylic acids is 1. The molecule has 0 radical (unpaired) electrons. The second-order valence-electron chi connectivity index (χ2n) is 5.20. The van der Waals surface area contributed by atoms with Crippen LogP contribution in [0, 0.1) is 17.5 Å². The maximum atomic E-state index is 13.5. The zero-order valence-electron chi connectivity index (χ0n) is 11.7. The highest BCUT2D eigenvalue weighted by Gasteiger charge is 2.31. The number of carbonyl (C=O) groups is 1. The predicted molar refractivity (Wildman–Crippen MR) is 77.0 cm³/mol. The summed E-state index contributed by atoms with van der Waals surface area (Å²) >= 11 is 0. The Labute approximate surface area is 125 Å². The smallest absolute Gasteiger partial charge is 0.249 e. The minimum absolute atomic E-state index is 0.0840. The number of nitrogens with one attached hydrogen (secondary N) is 1. The average Bonchev–Trinajstić information content (AvgIpc) is 2.46. The van der Waals surface area contributed by atoms with Gasteiger partial charge in [-0.05, 0) is 24.6 Å². The summed E-state index contributed by atoms with van der Waals surface area (Å²) in [6.45, 7) is 1.71. The van der Waals surface area contributed by atoms with E-state index >= 15 is 0 Å². The molecule has 0 spiro atoms. The first-order chi connectivity index (χ1) is 10.5. The number of halogens is 3. The van der Waals surface area contributed by atoms with Gasteiger partial charge in [-0.1, -0.05) is 12.1 Å². The van der Waals surface area contributed by atoms with E-state index in [1.165, 1.54) is 23.1 Å². The number of amides is 1. The Balaban J connectivity index is 2.03. The molecule has 1 heterocycles. The largest absolute Gasteiger partial charge is 0.372 e. The van der Waals surface area contributed by atoms with Crippen LogP contribution in [0.2, 0.25) is 0 Å². The monoisotopic (exact) mass is 306 g/mol. The van der Waals surface area contributed by atoms with Crippen molar-refractivity contribution in [2.24, 2.45) is 0 Å². The Morgan fingerprint density at radius 1 is 1.14 bits per heavy atom. The molecule has 0 fully saturated rings. The van der Waals surface area contributed by atoms with Crippen LogP contribution in [0.3, 0.4) is 0 Å². The number of hydrogen-bond donors (Lipinski definition) is 1. The summed E-state index contributed by atoms with van der Waals surface area (Å²) in [6, 6.07) is 7.22. The van der Waals surface area contributed by atoms with Gasteiger partial charge in [0, 0.05) is 12.1 Å². The minimum atomic E-state index is -1.04. The van der Waals surface area contributed by atoms with E-state index in [9.17, 15) is 18.0 Å². The van der Waals surface area contributed by atoms with E-state index in [2.05, 4.69) is 5.32 Å². The first-order valence-electron chi connectivity index (χ1n) is 6.77. The maximum Gasteiger partial charge on any atom is 0.249 e. The van der Waals surface area contributed by atoms with Crippen molar-refractivity contribution < 1.29 is 18.0 Å². The highest BCUT2D eigenvalue weighted by atomic mass is 19.2. The van der Waals surface area contributed by atoms with Crippen molar-refractivity contribution >= 4 is 17.3 Å².